The molecule has 0 aliphatic rings. The Hall–Kier alpha value is -1.84. The van der Waals surface area contributed by atoms with Gasteiger partial charge < -0.3 is 10.1 Å². The molecule has 1 aromatic rings. The fourth-order valence-corrected chi connectivity index (χ4v) is 0.861. The minimum Gasteiger partial charge on any atom is -0.477 e. The fourth-order valence-electron chi connectivity index (χ4n) is 0.861. The molecule has 4 nitrogen and oxygen atoms in total. The van der Waals surface area contributed by atoms with Crippen LogP contribution in [0.5, 0.6) is 0 Å². The van der Waals surface area contributed by atoms with Crippen molar-refractivity contribution in [1.29, 1.82) is 0 Å². The van der Waals surface area contributed by atoms with Gasteiger partial charge in [-0.1, -0.05) is 6.58 Å². The van der Waals surface area contributed by atoms with Crippen molar-refractivity contribution in [1.82, 2.24) is 4.98 Å². The van der Waals surface area contributed by atoms with E-state index in [1.807, 2.05) is 0 Å². The van der Waals surface area contributed by atoms with Crippen molar-refractivity contribution in [3.63, 3.8) is 0 Å². The molecule has 1 aromatic heterocycles. The summed E-state index contributed by atoms with van der Waals surface area (Å²) in [7, 11) is 0. The third kappa shape index (κ3) is 1.27. The van der Waals surface area contributed by atoms with Crippen LogP contribution in [-0.4, -0.2) is 22.8 Å². The second-order valence-corrected chi connectivity index (χ2v) is 2.15. The van der Waals surface area contributed by atoms with Crippen LogP contribution in [0.2, 0.25) is 0 Å². The van der Waals surface area contributed by atoms with Crippen molar-refractivity contribution >= 4 is 24.5 Å². The van der Waals surface area contributed by atoms with E-state index in [4.69, 9.17) is 5.11 Å². The van der Waals surface area contributed by atoms with Crippen molar-refractivity contribution in [3.8, 4) is 0 Å². The summed E-state index contributed by atoms with van der Waals surface area (Å²) in [5, 5.41) is 8.59. The Labute approximate surface area is 69.3 Å². The van der Waals surface area contributed by atoms with Crippen LogP contribution < -0.4 is 0 Å². The third-order valence-electron chi connectivity index (χ3n) is 1.43. The number of aromatic carboxylic acids is 1. The number of rotatable bonds is 3. The Balaban J connectivity index is 3.22. The first-order valence-electron chi connectivity index (χ1n) is 3.24. The first-order valence-corrected chi connectivity index (χ1v) is 3.24. The normalized spacial score (nSPS) is 9.33. The van der Waals surface area contributed by atoms with Crippen molar-refractivity contribution in [2.75, 3.05) is 0 Å². The lowest BCUT2D eigenvalue weighted by atomic mass is 10.3. The van der Waals surface area contributed by atoms with Crippen LogP contribution in [0.15, 0.2) is 17.6 Å². The van der Waals surface area contributed by atoms with Gasteiger partial charge in [0.05, 0.1) is 11.4 Å². The van der Waals surface area contributed by atoms with Crippen molar-refractivity contribution in [3.05, 3.63) is 24.0 Å². The SMILES string of the molecule is C=Cc1[nH]c(C(=O)O)cc1N=C. The van der Waals surface area contributed by atoms with E-state index in [9.17, 15) is 4.79 Å². The predicted octanol–water partition coefficient (Wildman–Crippen LogP) is 1.69. The molecule has 0 saturated heterocycles. The summed E-state index contributed by atoms with van der Waals surface area (Å²) >= 11 is 0. The van der Waals surface area contributed by atoms with Gasteiger partial charge in [-0.05, 0) is 18.9 Å². The largest absolute Gasteiger partial charge is 0.477 e. The molecule has 4 heteroatoms. The third-order valence-corrected chi connectivity index (χ3v) is 1.43. The highest BCUT2D eigenvalue weighted by atomic mass is 16.4. The molecule has 0 aliphatic carbocycles. The molecule has 1 rings (SSSR count). The van der Waals surface area contributed by atoms with Gasteiger partial charge in [-0.25, -0.2) is 4.79 Å². The van der Waals surface area contributed by atoms with Gasteiger partial charge in [0.2, 0.25) is 0 Å². The predicted molar refractivity (Wildman–Crippen MR) is 47.1 cm³/mol. The van der Waals surface area contributed by atoms with Gasteiger partial charge in [-0.3, -0.25) is 4.99 Å². The second kappa shape index (κ2) is 3.04. The van der Waals surface area contributed by atoms with E-state index in [0.717, 1.165) is 0 Å². The number of aromatic nitrogens is 1. The number of aliphatic imine (C=N–C) groups is 1. The van der Waals surface area contributed by atoms with E-state index >= 15 is 0 Å². The number of hydrogen-bond acceptors (Lipinski definition) is 2. The Morgan fingerprint density at radius 2 is 2.42 bits per heavy atom. The molecule has 0 bridgehead atoms. The van der Waals surface area contributed by atoms with Crippen LogP contribution in [-0.2, 0) is 0 Å². The average Bonchev–Trinajstić information content (AvgIpc) is 2.46. The smallest absolute Gasteiger partial charge is 0.352 e. The summed E-state index contributed by atoms with van der Waals surface area (Å²) in [6.07, 6.45) is 1.50. The lowest BCUT2D eigenvalue weighted by Crippen LogP contribution is -1.95. The van der Waals surface area contributed by atoms with Crippen LogP contribution in [0.1, 0.15) is 16.2 Å². The van der Waals surface area contributed by atoms with E-state index in [1.54, 1.807) is 0 Å². The monoisotopic (exact) mass is 164 g/mol. The molecule has 12 heavy (non-hydrogen) atoms. The van der Waals surface area contributed by atoms with E-state index in [2.05, 4.69) is 23.3 Å². The summed E-state index contributed by atoms with van der Waals surface area (Å²) in [4.78, 5) is 16.7. The number of nitrogens with zero attached hydrogens (tertiary/aromatic N) is 1. The van der Waals surface area contributed by atoms with Gasteiger partial charge in [-0.2, -0.15) is 0 Å². The topological polar surface area (TPSA) is 65.5 Å². The summed E-state index contributed by atoms with van der Waals surface area (Å²) in [5.41, 5.74) is 1.16. The van der Waals surface area contributed by atoms with Crippen molar-refractivity contribution in [2.24, 2.45) is 4.99 Å². The van der Waals surface area contributed by atoms with E-state index in [-0.39, 0.29) is 5.69 Å². The molecular formula is C8H8N2O2. The van der Waals surface area contributed by atoms with E-state index in [0.29, 0.717) is 11.4 Å². The number of carboxylic acid groups (broad SMARTS) is 1. The van der Waals surface area contributed by atoms with E-state index in [1.165, 1.54) is 12.1 Å². The standard InChI is InChI=1S/C8H8N2O2/c1-3-5-6(9-2)4-7(10-5)8(11)12/h3-4,10H,1-2H2,(H,11,12). The van der Waals surface area contributed by atoms with Gasteiger partial charge in [0.1, 0.15) is 5.69 Å². The zero-order chi connectivity index (χ0) is 9.14. The summed E-state index contributed by atoms with van der Waals surface area (Å²) in [6, 6.07) is 1.41. The average molecular weight is 164 g/mol. The van der Waals surface area contributed by atoms with E-state index < -0.39 is 5.97 Å². The van der Waals surface area contributed by atoms with Gasteiger partial charge in [0, 0.05) is 0 Å². The molecule has 0 aliphatic heterocycles. The molecule has 0 spiro atoms. The minimum absolute atomic E-state index is 0.0901. The Kier molecular flexibility index (Phi) is 2.09. The zero-order valence-electron chi connectivity index (χ0n) is 6.37. The number of H-pyrrole nitrogens is 1. The number of nitrogens with one attached hydrogen (secondary N) is 1. The Morgan fingerprint density at radius 1 is 1.75 bits per heavy atom. The van der Waals surface area contributed by atoms with Gasteiger partial charge >= 0.3 is 5.97 Å². The van der Waals surface area contributed by atoms with Gasteiger partial charge in [0.15, 0.2) is 0 Å². The summed E-state index contributed by atoms with van der Waals surface area (Å²) in [5.74, 6) is -1.02. The molecular weight excluding hydrogens is 156 g/mol. The molecule has 0 unspecified atom stereocenters. The molecule has 62 valence electrons. The van der Waals surface area contributed by atoms with Crippen molar-refractivity contribution in [2.45, 2.75) is 0 Å². The van der Waals surface area contributed by atoms with Crippen molar-refractivity contribution < 1.29 is 9.90 Å². The van der Waals surface area contributed by atoms with Crippen LogP contribution in [0.25, 0.3) is 6.08 Å². The molecule has 0 atom stereocenters. The van der Waals surface area contributed by atoms with Gasteiger partial charge in [-0.15, -0.1) is 0 Å². The maximum Gasteiger partial charge on any atom is 0.352 e. The quantitative estimate of drug-likeness (QED) is 0.667. The molecule has 0 saturated carbocycles. The maximum atomic E-state index is 10.5. The summed E-state index contributed by atoms with van der Waals surface area (Å²) < 4.78 is 0. The number of aromatic amines is 1. The molecule has 1 heterocycles. The molecule has 0 aromatic carbocycles. The Bertz CT molecular complexity index is 313. The van der Waals surface area contributed by atoms with Crippen LogP contribution in [0, 0.1) is 0 Å². The fraction of sp³-hybridized carbons (Fsp3) is 0. The Morgan fingerprint density at radius 3 is 2.75 bits per heavy atom. The number of carbonyl (C=O) groups is 1. The number of hydrogen-bond donors (Lipinski definition) is 2. The highest BCUT2D eigenvalue weighted by Gasteiger charge is 2.08. The summed E-state index contributed by atoms with van der Waals surface area (Å²) in [6.45, 7) is 6.80. The molecule has 0 fully saturated rings. The second-order valence-electron chi connectivity index (χ2n) is 2.15. The van der Waals surface area contributed by atoms with Gasteiger partial charge in [0.25, 0.3) is 0 Å². The highest BCUT2D eigenvalue weighted by molar-refractivity contribution is 5.88. The molecule has 0 radical (unpaired) electrons. The highest BCUT2D eigenvalue weighted by Crippen LogP contribution is 2.20. The first-order chi connectivity index (χ1) is 5.69. The lowest BCUT2D eigenvalue weighted by Gasteiger charge is -1.86. The first kappa shape index (κ1) is 8.26. The minimum atomic E-state index is -1.02. The lowest BCUT2D eigenvalue weighted by molar-refractivity contribution is 0.0691. The molecule has 2 N–H and O–H groups in total. The number of carboxylic acids is 1. The zero-order valence-corrected chi connectivity index (χ0v) is 6.37. The maximum absolute atomic E-state index is 10.5. The van der Waals surface area contributed by atoms with Crippen LogP contribution >= 0.6 is 0 Å². The molecule has 0 amide bonds. The van der Waals surface area contributed by atoms with Crippen LogP contribution in [0.4, 0.5) is 5.69 Å². The van der Waals surface area contributed by atoms with Crippen LogP contribution in [0.3, 0.4) is 0 Å².